The molecule has 0 spiro atoms. The highest BCUT2D eigenvalue weighted by atomic mass is 16.5. The first-order valence-corrected chi connectivity index (χ1v) is 7.40. The van der Waals surface area contributed by atoms with E-state index in [4.69, 9.17) is 10.5 Å². The van der Waals surface area contributed by atoms with Crippen molar-refractivity contribution in [2.45, 2.75) is 6.61 Å². The highest BCUT2D eigenvalue weighted by Crippen LogP contribution is 2.21. The largest absolute Gasteiger partial charge is 0.488 e. The van der Waals surface area contributed by atoms with Gasteiger partial charge in [-0.15, -0.1) is 0 Å². The molecule has 0 aliphatic heterocycles. The van der Waals surface area contributed by atoms with Gasteiger partial charge in [-0.05, 0) is 28.8 Å². The molecule has 0 saturated carbocycles. The van der Waals surface area contributed by atoms with E-state index in [9.17, 15) is 4.79 Å². The molecule has 0 bridgehead atoms. The minimum absolute atomic E-state index is 0.388. The van der Waals surface area contributed by atoms with E-state index < -0.39 is 5.91 Å². The minimum Gasteiger partial charge on any atom is -0.488 e. The maximum Gasteiger partial charge on any atom is 0.252 e. The van der Waals surface area contributed by atoms with E-state index in [-0.39, 0.29) is 0 Å². The van der Waals surface area contributed by atoms with Gasteiger partial charge >= 0.3 is 0 Å². The third kappa shape index (κ3) is 3.58. The molecule has 0 radical (unpaired) electrons. The van der Waals surface area contributed by atoms with Crippen molar-refractivity contribution in [3.63, 3.8) is 0 Å². The number of hydrogen-bond donors (Lipinski definition) is 1. The van der Waals surface area contributed by atoms with Gasteiger partial charge in [-0.25, -0.2) is 0 Å². The summed E-state index contributed by atoms with van der Waals surface area (Å²) in [7, 11) is 0. The molecular formula is C20H17NO2. The maximum atomic E-state index is 11.4. The molecule has 2 N–H and O–H groups in total. The van der Waals surface area contributed by atoms with Gasteiger partial charge in [0.15, 0.2) is 0 Å². The molecule has 0 aliphatic carbocycles. The summed E-state index contributed by atoms with van der Waals surface area (Å²) in [6, 6.07) is 25.4. The molecule has 3 heteroatoms. The number of primary amides is 1. The minimum atomic E-state index is -0.486. The summed E-state index contributed by atoms with van der Waals surface area (Å²) in [4.78, 5) is 11.4. The number of benzene rings is 3. The number of para-hydroxylation sites is 1. The summed E-state index contributed by atoms with van der Waals surface area (Å²) in [5, 5.41) is 0. The zero-order chi connectivity index (χ0) is 16.1. The van der Waals surface area contributed by atoms with Gasteiger partial charge in [0, 0.05) is 0 Å². The zero-order valence-electron chi connectivity index (χ0n) is 12.6. The molecule has 0 heterocycles. The number of hydrogen-bond acceptors (Lipinski definition) is 2. The number of rotatable bonds is 5. The average Bonchev–Trinajstić information content (AvgIpc) is 2.61. The van der Waals surface area contributed by atoms with Crippen LogP contribution in [0.1, 0.15) is 15.9 Å². The van der Waals surface area contributed by atoms with Crippen molar-refractivity contribution in [2.24, 2.45) is 5.73 Å². The van der Waals surface area contributed by atoms with Gasteiger partial charge in [0.2, 0.25) is 0 Å². The smallest absolute Gasteiger partial charge is 0.252 e. The first kappa shape index (κ1) is 14.9. The monoisotopic (exact) mass is 303 g/mol. The number of ether oxygens (including phenoxy) is 1. The lowest BCUT2D eigenvalue weighted by molar-refractivity contribution is 0.0996. The van der Waals surface area contributed by atoms with Crippen LogP contribution in [0.4, 0.5) is 0 Å². The molecule has 0 aromatic heterocycles. The molecule has 0 aliphatic rings. The Balaban J connectivity index is 1.71. The van der Waals surface area contributed by atoms with Crippen LogP contribution in [0.3, 0.4) is 0 Å². The van der Waals surface area contributed by atoms with E-state index in [2.05, 4.69) is 24.3 Å². The molecule has 0 unspecified atom stereocenters. The predicted molar refractivity (Wildman–Crippen MR) is 91.2 cm³/mol. The van der Waals surface area contributed by atoms with Crippen molar-refractivity contribution in [3.8, 4) is 16.9 Å². The Kier molecular flexibility index (Phi) is 4.39. The van der Waals surface area contributed by atoms with E-state index in [0.717, 1.165) is 11.1 Å². The zero-order valence-corrected chi connectivity index (χ0v) is 12.6. The summed E-state index contributed by atoms with van der Waals surface area (Å²) in [5.41, 5.74) is 9.12. The lowest BCUT2D eigenvalue weighted by Gasteiger charge is -2.10. The SMILES string of the molecule is NC(=O)c1ccccc1OCc1ccc(-c2ccccc2)cc1. The summed E-state index contributed by atoms with van der Waals surface area (Å²) in [5.74, 6) is 0.0205. The van der Waals surface area contributed by atoms with Crippen molar-refractivity contribution >= 4 is 5.91 Å². The predicted octanol–water partition coefficient (Wildman–Crippen LogP) is 4.03. The summed E-state index contributed by atoms with van der Waals surface area (Å²) in [6.07, 6.45) is 0. The van der Waals surface area contributed by atoms with Crippen LogP contribution in [-0.2, 0) is 6.61 Å². The van der Waals surface area contributed by atoms with E-state index in [1.807, 2.05) is 36.4 Å². The fraction of sp³-hybridized carbons (Fsp3) is 0.0500. The van der Waals surface area contributed by atoms with Gasteiger partial charge < -0.3 is 10.5 Å². The van der Waals surface area contributed by atoms with Crippen molar-refractivity contribution in [1.82, 2.24) is 0 Å². The van der Waals surface area contributed by atoms with E-state index >= 15 is 0 Å². The van der Waals surface area contributed by atoms with Crippen LogP contribution in [0, 0.1) is 0 Å². The summed E-state index contributed by atoms with van der Waals surface area (Å²) in [6.45, 7) is 0.388. The Labute approximate surface area is 135 Å². The first-order valence-electron chi connectivity index (χ1n) is 7.40. The molecule has 3 aromatic rings. The highest BCUT2D eigenvalue weighted by Gasteiger charge is 2.08. The Bertz CT molecular complexity index is 795. The molecule has 23 heavy (non-hydrogen) atoms. The van der Waals surface area contributed by atoms with Crippen molar-refractivity contribution in [1.29, 1.82) is 0 Å². The van der Waals surface area contributed by atoms with Crippen LogP contribution in [0.5, 0.6) is 5.75 Å². The Morgan fingerprint density at radius 2 is 1.39 bits per heavy atom. The van der Waals surface area contributed by atoms with Crippen LogP contribution in [0.25, 0.3) is 11.1 Å². The van der Waals surface area contributed by atoms with Crippen LogP contribution in [-0.4, -0.2) is 5.91 Å². The van der Waals surface area contributed by atoms with Gasteiger partial charge in [0.05, 0.1) is 5.56 Å². The van der Waals surface area contributed by atoms with Crippen LogP contribution in [0.15, 0.2) is 78.9 Å². The number of carbonyl (C=O) groups is 1. The van der Waals surface area contributed by atoms with Crippen LogP contribution < -0.4 is 10.5 Å². The standard InChI is InChI=1S/C20H17NO2/c21-20(22)18-8-4-5-9-19(18)23-14-15-10-12-17(13-11-15)16-6-2-1-3-7-16/h1-13H,14H2,(H2,21,22). The number of nitrogens with two attached hydrogens (primary N) is 1. The summed E-state index contributed by atoms with van der Waals surface area (Å²) >= 11 is 0. The van der Waals surface area contributed by atoms with Crippen LogP contribution >= 0.6 is 0 Å². The highest BCUT2D eigenvalue weighted by molar-refractivity contribution is 5.95. The van der Waals surface area contributed by atoms with Gasteiger partial charge in [0.25, 0.3) is 5.91 Å². The van der Waals surface area contributed by atoms with Gasteiger partial charge in [-0.2, -0.15) is 0 Å². The fourth-order valence-corrected chi connectivity index (χ4v) is 2.38. The quantitative estimate of drug-likeness (QED) is 0.773. The fourth-order valence-electron chi connectivity index (χ4n) is 2.38. The van der Waals surface area contributed by atoms with Crippen LogP contribution in [0.2, 0.25) is 0 Å². The molecule has 0 fully saturated rings. The lowest BCUT2D eigenvalue weighted by Crippen LogP contribution is -2.12. The Morgan fingerprint density at radius 1 is 0.783 bits per heavy atom. The van der Waals surface area contributed by atoms with E-state index in [1.165, 1.54) is 5.56 Å². The van der Waals surface area contributed by atoms with Gasteiger partial charge in [0.1, 0.15) is 12.4 Å². The third-order valence-corrected chi connectivity index (χ3v) is 3.61. The Morgan fingerprint density at radius 3 is 2.09 bits per heavy atom. The third-order valence-electron chi connectivity index (χ3n) is 3.61. The molecular weight excluding hydrogens is 286 g/mol. The van der Waals surface area contributed by atoms with E-state index in [1.54, 1.807) is 18.2 Å². The first-order chi connectivity index (χ1) is 11.2. The normalized spacial score (nSPS) is 10.3. The van der Waals surface area contributed by atoms with Crippen molar-refractivity contribution in [2.75, 3.05) is 0 Å². The van der Waals surface area contributed by atoms with E-state index in [0.29, 0.717) is 17.9 Å². The molecule has 3 aromatic carbocycles. The Hall–Kier alpha value is -3.07. The van der Waals surface area contributed by atoms with Crippen molar-refractivity contribution in [3.05, 3.63) is 90.0 Å². The second-order valence-electron chi connectivity index (χ2n) is 5.21. The average molecular weight is 303 g/mol. The molecule has 3 nitrogen and oxygen atoms in total. The number of carbonyl (C=O) groups excluding carboxylic acids is 1. The second-order valence-corrected chi connectivity index (χ2v) is 5.21. The molecule has 114 valence electrons. The molecule has 0 saturated heterocycles. The topological polar surface area (TPSA) is 52.3 Å². The molecule has 3 rings (SSSR count). The molecule has 0 atom stereocenters. The summed E-state index contributed by atoms with van der Waals surface area (Å²) < 4.78 is 5.73. The second kappa shape index (κ2) is 6.79. The van der Waals surface area contributed by atoms with Gasteiger partial charge in [-0.1, -0.05) is 66.7 Å². The maximum absolute atomic E-state index is 11.4. The van der Waals surface area contributed by atoms with Crippen molar-refractivity contribution < 1.29 is 9.53 Å². The lowest BCUT2D eigenvalue weighted by atomic mass is 10.0. The van der Waals surface area contributed by atoms with Gasteiger partial charge in [-0.3, -0.25) is 4.79 Å². The number of amides is 1. The molecule has 1 amide bonds.